The van der Waals surface area contributed by atoms with Crippen LogP contribution < -0.4 is 4.74 Å². The lowest BCUT2D eigenvalue weighted by Crippen LogP contribution is -2.39. The molecule has 5 rings (SSSR count). The summed E-state index contributed by atoms with van der Waals surface area (Å²) >= 11 is 0. The molecule has 2 aliphatic rings. The summed E-state index contributed by atoms with van der Waals surface area (Å²) in [7, 11) is 0. The van der Waals surface area contributed by atoms with Crippen molar-refractivity contribution < 1.29 is 9.53 Å². The Kier molecular flexibility index (Phi) is 4.78. The number of rotatable bonds is 4. The van der Waals surface area contributed by atoms with E-state index >= 15 is 0 Å². The summed E-state index contributed by atoms with van der Waals surface area (Å²) < 4.78 is 6.07. The predicted octanol–water partition coefficient (Wildman–Crippen LogP) is 6.22. The Labute approximate surface area is 178 Å². The molecule has 0 radical (unpaired) electrons. The molecule has 3 aromatic rings. The first-order chi connectivity index (χ1) is 14.6. The SMILES string of the molecule is C[C@]12C=CC(=O)[C@@H](c3ccccc3)[C@@H]1c1ccc(OCc3ccccc3)cc1CC2. The van der Waals surface area contributed by atoms with Gasteiger partial charge >= 0.3 is 0 Å². The maximum absolute atomic E-state index is 13.0. The summed E-state index contributed by atoms with van der Waals surface area (Å²) in [5, 5.41) is 0. The third kappa shape index (κ3) is 3.37. The average Bonchev–Trinajstić information content (AvgIpc) is 2.79. The largest absolute Gasteiger partial charge is 0.489 e. The van der Waals surface area contributed by atoms with E-state index in [1.54, 1.807) is 0 Å². The lowest BCUT2D eigenvalue weighted by atomic mass is 9.56. The molecule has 150 valence electrons. The van der Waals surface area contributed by atoms with Crippen molar-refractivity contribution in [2.75, 3.05) is 0 Å². The summed E-state index contributed by atoms with van der Waals surface area (Å²) in [4.78, 5) is 13.0. The minimum Gasteiger partial charge on any atom is -0.489 e. The molecule has 0 fully saturated rings. The van der Waals surface area contributed by atoms with E-state index in [-0.39, 0.29) is 23.0 Å². The van der Waals surface area contributed by atoms with Gasteiger partial charge in [0.05, 0.1) is 5.92 Å². The first kappa shape index (κ1) is 18.9. The minimum atomic E-state index is -0.128. The quantitative estimate of drug-likeness (QED) is 0.525. The zero-order chi connectivity index (χ0) is 20.6. The van der Waals surface area contributed by atoms with Gasteiger partial charge in [-0.25, -0.2) is 0 Å². The molecule has 0 aliphatic heterocycles. The number of ketones is 1. The van der Waals surface area contributed by atoms with Crippen molar-refractivity contribution in [3.63, 3.8) is 0 Å². The molecule has 2 heteroatoms. The standard InChI is InChI=1S/C28H26O2/c1-28-16-14-22-18-23(30-19-20-8-4-2-5-9-20)12-13-24(22)27(28)26(25(29)15-17-28)21-10-6-3-7-11-21/h2-13,15,17-18,26-27H,14,16,19H2,1H3/t26-,27+,28+/m1/s1. The molecule has 0 heterocycles. The van der Waals surface area contributed by atoms with Crippen LogP contribution in [0.5, 0.6) is 5.75 Å². The maximum Gasteiger partial charge on any atom is 0.163 e. The van der Waals surface area contributed by atoms with Gasteiger partial charge in [0.25, 0.3) is 0 Å². The first-order valence-electron chi connectivity index (χ1n) is 10.7. The highest BCUT2D eigenvalue weighted by Crippen LogP contribution is 2.55. The molecule has 0 saturated carbocycles. The molecule has 0 aromatic heterocycles. The van der Waals surface area contributed by atoms with Crippen LogP contribution in [0, 0.1) is 5.41 Å². The number of hydrogen-bond donors (Lipinski definition) is 0. The van der Waals surface area contributed by atoms with Gasteiger partial charge in [-0.3, -0.25) is 4.79 Å². The fourth-order valence-corrected chi connectivity index (χ4v) is 5.15. The molecule has 3 aromatic carbocycles. The van der Waals surface area contributed by atoms with E-state index in [0.717, 1.165) is 29.7 Å². The highest BCUT2D eigenvalue weighted by atomic mass is 16.5. The zero-order valence-corrected chi connectivity index (χ0v) is 17.3. The summed E-state index contributed by atoms with van der Waals surface area (Å²) in [6.07, 6.45) is 6.02. The molecular weight excluding hydrogens is 368 g/mol. The van der Waals surface area contributed by atoms with E-state index in [1.165, 1.54) is 11.1 Å². The van der Waals surface area contributed by atoms with Crippen LogP contribution >= 0.6 is 0 Å². The van der Waals surface area contributed by atoms with E-state index in [1.807, 2.05) is 42.5 Å². The number of allylic oxidation sites excluding steroid dienone is 2. The van der Waals surface area contributed by atoms with Gasteiger partial charge in [-0.2, -0.15) is 0 Å². The van der Waals surface area contributed by atoms with Crippen molar-refractivity contribution in [1.82, 2.24) is 0 Å². The number of aryl methyl sites for hydroxylation is 1. The van der Waals surface area contributed by atoms with Crippen LogP contribution in [-0.2, 0) is 17.8 Å². The van der Waals surface area contributed by atoms with Crippen LogP contribution in [0.1, 0.15) is 47.4 Å². The molecule has 0 bridgehead atoms. The fourth-order valence-electron chi connectivity index (χ4n) is 5.15. The van der Waals surface area contributed by atoms with Crippen LogP contribution in [0.15, 0.2) is 91.0 Å². The van der Waals surface area contributed by atoms with Gasteiger partial charge in [0, 0.05) is 5.92 Å². The zero-order valence-electron chi connectivity index (χ0n) is 17.3. The summed E-state index contributed by atoms with van der Waals surface area (Å²) in [5.41, 5.74) is 4.87. The van der Waals surface area contributed by atoms with Gasteiger partial charge in [-0.05, 0) is 58.7 Å². The van der Waals surface area contributed by atoms with Crippen molar-refractivity contribution in [2.45, 2.75) is 38.2 Å². The smallest absolute Gasteiger partial charge is 0.163 e. The van der Waals surface area contributed by atoms with Crippen LogP contribution in [0.3, 0.4) is 0 Å². The van der Waals surface area contributed by atoms with E-state index < -0.39 is 0 Å². The second-order valence-corrected chi connectivity index (χ2v) is 8.74. The lowest BCUT2D eigenvalue weighted by molar-refractivity contribution is -0.117. The Morgan fingerprint density at radius 1 is 0.967 bits per heavy atom. The lowest BCUT2D eigenvalue weighted by Gasteiger charge is -2.46. The van der Waals surface area contributed by atoms with Gasteiger partial charge < -0.3 is 4.74 Å². The van der Waals surface area contributed by atoms with E-state index in [2.05, 4.69) is 55.5 Å². The van der Waals surface area contributed by atoms with Crippen LogP contribution in [0.25, 0.3) is 0 Å². The molecule has 0 saturated heterocycles. The Hall–Kier alpha value is -3.13. The Morgan fingerprint density at radius 3 is 2.47 bits per heavy atom. The molecule has 0 unspecified atom stereocenters. The molecule has 3 atom stereocenters. The van der Waals surface area contributed by atoms with Gasteiger partial charge in [0.15, 0.2) is 5.78 Å². The number of benzene rings is 3. The molecule has 2 aliphatic carbocycles. The number of hydrogen-bond acceptors (Lipinski definition) is 2. The van der Waals surface area contributed by atoms with Crippen molar-refractivity contribution in [2.24, 2.45) is 5.41 Å². The number of carbonyl (C=O) groups excluding carboxylic acids is 1. The number of ether oxygens (including phenoxy) is 1. The first-order valence-corrected chi connectivity index (χ1v) is 10.7. The van der Waals surface area contributed by atoms with Crippen molar-refractivity contribution in [1.29, 1.82) is 0 Å². The highest BCUT2D eigenvalue weighted by molar-refractivity contribution is 5.97. The number of fused-ring (bicyclic) bond motifs is 3. The van der Waals surface area contributed by atoms with E-state index in [4.69, 9.17) is 4.74 Å². The van der Waals surface area contributed by atoms with Crippen LogP contribution in [0.2, 0.25) is 0 Å². The Bertz CT molecular complexity index is 1080. The molecular formula is C28H26O2. The van der Waals surface area contributed by atoms with Crippen molar-refractivity contribution in [3.8, 4) is 5.75 Å². The summed E-state index contributed by atoms with van der Waals surface area (Å²) in [6, 6.07) is 26.9. The second-order valence-electron chi connectivity index (χ2n) is 8.74. The molecule has 0 amide bonds. The third-order valence-corrected chi connectivity index (χ3v) is 6.77. The molecule has 2 nitrogen and oxygen atoms in total. The van der Waals surface area contributed by atoms with E-state index in [9.17, 15) is 4.79 Å². The third-order valence-electron chi connectivity index (χ3n) is 6.77. The van der Waals surface area contributed by atoms with Gasteiger partial charge in [-0.1, -0.05) is 79.7 Å². The fraction of sp³-hybridized carbons (Fsp3) is 0.250. The van der Waals surface area contributed by atoms with E-state index in [0.29, 0.717) is 6.61 Å². The van der Waals surface area contributed by atoms with Crippen LogP contribution in [-0.4, -0.2) is 5.78 Å². The maximum atomic E-state index is 13.0. The molecule has 0 N–H and O–H groups in total. The van der Waals surface area contributed by atoms with Crippen molar-refractivity contribution in [3.05, 3.63) is 113 Å². The summed E-state index contributed by atoms with van der Waals surface area (Å²) in [6.45, 7) is 2.87. The van der Waals surface area contributed by atoms with Crippen LogP contribution in [0.4, 0.5) is 0 Å². The minimum absolute atomic E-state index is 0.00612. The van der Waals surface area contributed by atoms with Gasteiger partial charge in [0.2, 0.25) is 0 Å². The summed E-state index contributed by atoms with van der Waals surface area (Å²) in [5.74, 6) is 1.14. The van der Waals surface area contributed by atoms with Gasteiger partial charge in [-0.15, -0.1) is 0 Å². The Morgan fingerprint density at radius 2 is 1.70 bits per heavy atom. The number of carbonyl (C=O) groups is 1. The van der Waals surface area contributed by atoms with Gasteiger partial charge in [0.1, 0.15) is 12.4 Å². The monoisotopic (exact) mass is 394 g/mol. The molecule has 30 heavy (non-hydrogen) atoms. The highest BCUT2D eigenvalue weighted by Gasteiger charge is 2.47. The normalized spacial score (nSPS) is 24.8. The Balaban J connectivity index is 1.49. The topological polar surface area (TPSA) is 26.3 Å². The molecule has 0 spiro atoms. The average molecular weight is 395 g/mol. The second kappa shape index (κ2) is 7.60. The van der Waals surface area contributed by atoms with Crippen molar-refractivity contribution >= 4 is 5.78 Å². The predicted molar refractivity (Wildman–Crippen MR) is 120 cm³/mol.